The summed E-state index contributed by atoms with van der Waals surface area (Å²) in [7, 11) is 0. The number of anilines is 1. The zero-order valence-corrected chi connectivity index (χ0v) is 14.8. The number of aromatic nitrogens is 2. The molecule has 1 fully saturated rings. The Morgan fingerprint density at radius 1 is 1.37 bits per heavy atom. The third-order valence-corrected chi connectivity index (χ3v) is 5.86. The lowest BCUT2D eigenvalue weighted by molar-refractivity contribution is 0.146. The van der Waals surface area contributed by atoms with E-state index >= 15 is 0 Å². The molecule has 2 aromatic rings. The van der Waals surface area contributed by atoms with Crippen molar-refractivity contribution in [3.8, 4) is 0 Å². The predicted molar refractivity (Wildman–Crippen MR) is 97.7 cm³/mol. The number of alkyl halides is 2. The molecule has 2 aliphatic heterocycles. The summed E-state index contributed by atoms with van der Waals surface area (Å²) < 4.78 is 40.6. The Morgan fingerprint density at radius 2 is 2.15 bits per heavy atom. The highest BCUT2D eigenvalue weighted by atomic mass is 32.2. The van der Waals surface area contributed by atoms with Gasteiger partial charge in [0.25, 0.3) is 12.0 Å². The van der Waals surface area contributed by atoms with Crippen LogP contribution in [0.25, 0.3) is 0 Å². The fourth-order valence-electron chi connectivity index (χ4n) is 3.70. The lowest BCUT2D eigenvalue weighted by atomic mass is 9.81. The van der Waals surface area contributed by atoms with Gasteiger partial charge in [0.15, 0.2) is 5.17 Å². The molecule has 0 radical (unpaired) electrons. The van der Waals surface area contributed by atoms with Crippen molar-refractivity contribution < 1.29 is 13.2 Å². The molecule has 1 aromatic heterocycles. The third kappa shape index (κ3) is 3.07. The second-order valence-electron chi connectivity index (χ2n) is 6.54. The molecule has 142 valence electrons. The maximum Gasteiger partial charge on any atom is 0.280 e. The number of hydrogen-bond donors (Lipinski definition) is 2. The number of aromatic amines is 1. The summed E-state index contributed by atoms with van der Waals surface area (Å²) in [4.78, 5) is 24.4. The average molecular weight is 395 g/mol. The number of nitrogens with one attached hydrogen (secondary N) is 1. The van der Waals surface area contributed by atoms with Gasteiger partial charge in [-0.2, -0.15) is 0 Å². The van der Waals surface area contributed by atoms with E-state index < -0.39 is 29.0 Å². The van der Waals surface area contributed by atoms with Gasteiger partial charge in [0.2, 0.25) is 5.95 Å². The van der Waals surface area contributed by atoms with Gasteiger partial charge in [-0.25, -0.2) is 23.1 Å². The van der Waals surface area contributed by atoms with Crippen molar-refractivity contribution in [3.63, 3.8) is 0 Å². The van der Waals surface area contributed by atoms with Gasteiger partial charge in [0.05, 0.1) is 6.54 Å². The van der Waals surface area contributed by atoms with E-state index in [0.717, 1.165) is 6.07 Å². The maximum absolute atomic E-state index is 14.6. The van der Waals surface area contributed by atoms with E-state index in [4.69, 9.17) is 5.73 Å². The summed E-state index contributed by atoms with van der Waals surface area (Å²) in [6.07, 6.45) is -2.86. The van der Waals surface area contributed by atoms with Crippen molar-refractivity contribution in [1.82, 2.24) is 9.97 Å². The van der Waals surface area contributed by atoms with Crippen molar-refractivity contribution in [2.75, 3.05) is 23.7 Å². The summed E-state index contributed by atoms with van der Waals surface area (Å²) in [6.45, 7) is 0.559. The normalized spacial score (nSPS) is 24.8. The summed E-state index contributed by atoms with van der Waals surface area (Å²) in [6, 6.07) is 7.10. The van der Waals surface area contributed by atoms with Gasteiger partial charge >= 0.3 is 0 Å². The van der Waals surface area contributed by atoms with Crippen molar-refractivity contribution in [1.29, 1.82) is 0 Å². The van der Waals surface area contributed by atoms with Crippen molar-refractivity contribution in [2.24, 2.45) is 16.6 Å². The Morgan fingerprint density at radius 3 is 2.89 bits per heavy atom. The third-order valence-electron chi connectivity index (χ3n) is 4.90. The molecule has 1 saturated heterocycles. The number of benzene rings is 1. The second-order valence-corrected chi connectivity index (χ2v) is 7.58. The Hall–Kier alpha value is -2.49. The molecule has 27 heavy (non-hydrogen) atoms. The number of nitrogens with zero attached hydrogens (tertiary/aromatic N) is 3. The number of rotatable bonds is 3. The van der Waals surface area contributed by atoms with Gasteiger partial charge in [0.1, 0.15) is 17.1 Å². The van der Waals surface area contributed by atoms with E-state index in [2.05, 4.69) is 15.0 Å². The maximum atomic E-state index is 14.6. The Labute approximate surface area is 156 Å². The number of hydrogen-bond acceptors (Lipinski definition) is 6. The molecule has 2 aliphatic rings. The van der Waals surface area contributed by atoms with E-state index in [0.29, 0.717) is 23.0 Å². The van der Waals surface area contributed by atoms with Crippen LogP contribution in [0.5, 0.6) is 0 Å². The molecule has 1 aromatic carbocycles. The molecule has 6 nitrogen and oxygen atoms in total. The molecule has 0 amide bonds. The Kier molecular flexibility index (Phi) is 4.37. The molecule has 3 heterocycles. The van der Waals surface area contributed by atoms with Crippen molar-refractivity contribution >= 4 is 22.9 Å². The fraction of sp³-hybridized carbons (Fsp3) is 0.353. The van der Waals surface area contributed by atoms with Crippen molar-refractivity contribution in [3.05, 3.63) is 57.8 Å². The molecule has 0 saturated carbocycles. The lowest BCUT2D eigenvalue weighted by Gasteiger charge is -2.34. The van der Waals surface area contributed by atoms with Gasteiger partial charge in [-0.15, -0.1) is 0 Å². The second kappa shape index (κ2) is 6.59. The average Bonchev–Trinajstić information content (AvgIpc) is 3.01. The lowest BCUT2D eigenvalue weighted by Crippen LogP contribution is -2.40. The first-order chi connectivity index (χ1) is 12.9. The van der Waals surface area contributed by atoms with Gasteiger partial charge in [-0.1, -0.05) is 30.0 Å². The molecule has 0 unspecified atom stereocenters. The largest absolute Gasteiger partial charge is 0.379 e. The van der Waals surface area contributed by atoms with Crippen LogP contribution in [0.15, 0.2) is 40.1 Å². The molecule has 10 heteroatoms. The molecule has 0 aliphatic carbocycles. The monoisotopic (exact) mass is 395 g/mol. The van der Waals surface area contributed by atoms with E-state index in [1.807, 2.05) is 0 Å². The van der Waals surface area contributed by atoms with Crippen molar-refractivity contribution in [2.45, 2.75) is 12.0 Å². The number of fused-ring (bicyclic) bond motifs is 1. The summed E-state index contributed by atoms with van der Waals surface area (Å²) in [5.74, 6) is 0.100. The van der Waals surface area contributed by atoms with Gasteiger partial charge < -0.3 is 10.6 Å². The number of halogens is 3. The Bertz CT molecular complexity index is 966. The van der Waals surface area contributed by atoms with Crippen LogP contribution < -0.4 is 16.2 Å². The van der Waals surface area contributed by atoms with Crippen LogP contribution in [0.4, 0.5) is 19.1 Å². The minimum atomic E-state index is -2.86. The minimum Gasteiger partial charge on any atom is -0.379 e. The van der Waals surface area contributed by atoms with Crippen LogP contribution in [0.1, 0.15) is 17.7 Å². The molecule has 4 rings (SSSR count). The molecule has 0 bridgehead atoms. The van der Waals surface area contributed by atoms with Gasteiger partial charge in [0, 0.05) is 29.8 Å². The smallest absolute Gasteiger partial charge is 0.280 e. The molecular formula is C17H16F3N5OS. The molecule has 3 N–H and O–H groups in total. The first kappa shape index (κ1) is 17.9. The number of aliphatic imine (C=N–C) groups is 1. The highest BCUT2D eigenvalue weighted by molar-refractivity contribution is 8.13. The Balaban J connectivity index is 1.79. The highest BCUT2D eigenvalue weighted by Gasteiger charge is 2.51. The number of H-pyrrole nitrogens is 1. The topological polar surface area (TPSA) is 87.4 Å². The van der Waals surface area contributed by atoms with E-state index in [-0.39, 0.29) is 18.4 Å². The molecule has 0 spiro atoms. The van der Waals surface area contributed by atoms with E-state index in [9.17, 15) is 18.0 Å². The van der Waals surface area contributed by atoms with Gasteiger partial charge in [-0.3, -0.25) is 9.78 Å². The van der Waals surface area contributed by atoms with Crippen LogP contribution in [-0.2, 0) is 5.54 Å². The summed E-state index contributed by atoms with van der Waals surface area (Å²) >= 11 is 1.37. The van der Waals surface area contributed by atoms with E-state index in [1.165, 1.54) is 17.8 Å². The predicted octanol–water partition coefficient (Wildman–Crippen LogP) is 2.24. The SMILES string of the molecule is NC1=N[C@@]2(c3ccccc3F)CN(c3nc(C(F)F)cc(=O)[nH]3)C[C@H]2CS1. The molecule has 2 atom stereocenters. The zero-order chi connectivity index (χ0) is 19.2. The van der Waals surface area contributed by atoms with Crippen LogP contribution in [0, 0.1) is 11.7 Å². The first-order valence-corrected chi connectivity index (χ1v) is 9.25. The van der Waals surface area contributed by atoms with Crippen LogP contribution in [0.2, 0.25) is 0 Å². The number of nitrogens with two attached hydrogens (primary N) is 1. The van der Waals surface area contributed by atoms with Gasteiger partial charge in [-0.05, 0) is 6.07 Å². The van der Waals surface area contributed by atoms with Crippen LogP contribution in [-0.4, -0.2) is 34.0 Å². The fourth-order valence-corrected chi connectivity index (χ4v) is 4.68. The van der Waals surface area contributed by atoms with Crippen LogP contribution in [0.3, 0.4) is 0 Å². The highest BCUT2D eigenvalue weighted by Crippen LogP contribution is 2.46. The first-order valence-electron chi connectivity index (χ1n) is 8.26. The number of amidine groups is 1. The molecular weight excluding hydrogens is 379 g/mol. The number of thioether (sulfide) groups is 1. The zero-order valence-electron chi connectivity index (χ0n) is 14.0. The minimum absolute atomic E-state index is 0.0293. The quantitative estimate of drug-likeness (QED) is 0.832. The summed E-state index contributed by atoms with van der Waals surface area (Å²) in [5.41, 5.74) is 4.11. The summed E-state index contributed by atoms with van der Waals surface area (Å²) in [5, 5.41) is 0.346. The standard InChI is InChI=1S/C17H16F3N5OS/c18-11-4-2-1-3-10(11)17-8-25(6-9(17)7-27-15(21)24-17)16-22-12(14(19)20)5-13(26)23-16/h1-5,9,14H,6-8H2,(H2,21,24)(H,22,23,26)/t9-,17-/m0/s1. The van der Waals surface area contributed by atoms with Crippen LogP contribution >= 0.6 is 11.8 Å². The van der Waals surface area contributed by atoms with E-state index in [1.54, 1.807) is 23.1 Å².